The Morgan fingerprint density at radius 3 is 2.41 bits per heavy atom. The number of ether oxygens (including phenoxy) is 3. The van der Waals surface area contributed by atoms with Crippen LogP contribution in [0.15, 0.2) is 53.1 Å². The molecule has 0 amide bonds. The largest absolute Gasteiger partial charge is 0.493 e. The Labute approximate surface area is 136 Å². The van der Waals surface area contributed by atoms with Crippen molar-refractivity contribution in [3.8, 4) is 23.1 Å². The fourth-order valence-corrected chi connectivity index (χ4v) is 2.94. The van der Waals surface area contributed by atoms with Crippen LogP contribution in [-0.2, 0) is 0 Å². The van der Waals surface area contributed by atoms with Gasteiger partial charge in [-0.2, -0.15) is 0 Å². The van der Waals surface area contributed by atoms with E-state index in [1.807, 2.05) is 42.5 Å². The zero-order valence-electron chi connectivity index (χ0n) is 12.2. The lowest BCUT2D eigenvalue weighted by atomic mass is 10.1. The normalized spacial score (nSPS) is 10.5. The van der Waals surface area contributed by atoms with Crippen molar-refractivity contribution < 1.29 is 14.2 Å². The number of nitrogens with zero attached hydrogens (tertiary/aromatic N) is 1. The number of aromatic nitrogens is 1. The monoisotopic (exact) mass is 359 g/mol. The molecule has 0 aliphatic rings. The van der Waals surface area contributed by atoms with Gasteiger partial charge in [0.15, 0.2) is 11.5 Å². The van der Waals surface area contributed by atoms with Crippen molar-refractivity contribution >= 4 is 26.7 Å². The Morgan fingerprint density at radius 2 is 1.73 bits per heavy atom. The molecule has 0 spiro atoms. The molecule has 0 saturated carbocycles. The number of halogens is 1. The third kappa shape index (κ3) is 2.60. The number of methoxy groups -OCH3 is 2. The number of para-hydroxylation sites is 1. The van der Waals surface area contributed by atoms with Gasteiger partial charge in [-0.05, 0) is 40.2 Å². The molecule has 0 aliphatic heterocycles. The van der Waals surface area contributed by atoms with E-state index in [-0.39, 0.29) is 0 Å². The molecule has 0 radical (unpaired) electrons. The summed E-state index contributed by atoms with van der Waals surface area (Å²) >= 11 is 3.56. The van der Waals surface area contributed by atoms with Gasteiger partial charge < -0.3 is 14.2 Å². The van der Waals surface area contributed by atoms with E-state index in [9.17, 15) is 0 Å². The number of benzene rings is 2. The van der Waals surface area contributed by atoms with Gasteiger partial charge in [0.2, 0.25) is 5.88 Å². The number of hydrogen-bond acceptors (Lipinski definition) is 4. The van der Waals surface area contributed by atoms with Gasteiger partial charge in [-0.15, -0.1) is 0 Å². The van der Waals surface area contributed by atoms with Crippen molar-refractivity contribution in [2.45, 2.75) is 0 Å². The van der Waals surface area contributed by atoms with Gasteiger partial charge in [-0.1, -0.05) is 18.2 Å². The maximum Gasteiger partial charge on any atom is 0.227 e. The summed E-state index contributed by atoms with van der Waals surface area (Å²) in [5.41, 5.74) is 0. The molecule has 1 aromatic heterocycles. The third-order valence-electron chi connectivity index (χ3n) is 3.27. The predicted octanol–water partition coefficient (Wildman–Crippen LogP) is 4.81. The first-order valence-corrected chi connectivity index (χ1v) is 7.46. The van der Waals surface area contributed by atoms with E-state index in [1.54, 1.807) is 20.4 Å². The fraction of sp³-hybridized carbons (Fsp3) is 0.118. The highest BCUT2D eigenvalue weighted by Crippen LogP contribution is 2.43. The van der Waals surface area contributed by atoms with Crippen LogP contribution in [0, 0.1) is 0 Å². The summed E-state index contributed by atoms with van der Waals surface area (Å²) in [6, 6.07) is 13.3. The van der Waals surface area contributed by atoms with Crippen LogP contribution in [0.1, 0.15) is 0 Å². The van der Waals surface area contributed by atoms with Gasteiger partial charge in [0, 0.05) is 17.0 Å². The van der Waals surface area contributed by atoms with Crippen LogP contribution in [-0.4, -0.2) is 19.2 Å². The molecule has 1 heterocycles. The minimum absolute atomic E-state index is 0.519. The summed E-state index contributed by atoms with van der Waals surface area (Å²) in [7, 11) is 3.21. The van der Waals surface area contributed by atoms with E-state index in [4.69, 9.17) is 14.2 Å². The second-order valence-electron chi connectivity index (χ2n) is 4.55. The van der Waals surface area contributed by atoms with E-state index in [1.165, 1.54) is 0 Å². The van der Waals surface area contributed by atoms with Crippen LogP contribution in [0.4, 0.5) is 0 Å². The van der Waals surface area contributed by atoms with Crippen LogP contribution < -0.4 is 14.2 Å². The average Bonchev–Trinajstić information content (AvgIpc) is 2.56. The quantitative estimate of drug-likeness (QED) is 0.670. The van der Waals surface area contributed by atoms with Crippen LogP contribution in [0.5, 0.6) is 23.1 Å². The molecule has 0 saturated heterocycles. The molecule has 3 aromatic rings. The first kappa shape index (κ1) is 14.7. The van der Waals surface area contributed by atoms with E-state index in [2.05, 4.69) is 20.9 Å². The molecule has 0 aliphatic carbocycles. The lowest BCUT2D eigenvalue weighted by Gasteiger charge is -2.14. The fourth-order valence-electron chi connectivity index (χ4n) is 2.24. The summed E-state index contributed by atoms with van der Waals surface area (Å²) in [5.74, 6) is 2.51. The third-order valence-corrected chi connectivity index (χ3v) is 4.06. The molecular weight excluding hydrogens is 346 g/mol. The highest BCUT2D eigenvalue weighted by molar-refractivity contribution is 9.10. The van der Waals surface area contributed by atoms with Crippen molar-refractivity contribution in [1.82, 2.24) is 4.98 Å². The molecule has 5 heteroatoms. The molecule has 112 valence electrons. The lowest BCUT2D eigenvalue weighted by molar-refractivity contribution is 0.354. The van der Waals surface area contributed by atoms with Gasteiger partial charge in [-0.3, -0.25) is 0 Å². The van der Waals surface area contributed by atoms with Gasteiger partial charge >= 0.3 is 0 Å². The van der Waals surface area contributed by atoms with Crippen LogP contribution in [0.3, 0.4) is 0 Å². The minimum atomic E-state index is 0.519. The molecule has 0 atom stereocenters. The number of rotatable bonds is 4. The molecule has 0 bridgehead atoms. The molecule has 0 unspecified atom stereocenters. The molecular formula is C17H14BrNO3. The van der Waals surface area contributed by atoms with Gasteiger partial charge in [0.05, 0.1) is 18.7 Å². The SMILES string of the molecule is COc1cc2c(Oc3ccccc3)nccc2c(Br)c1OC. The smallest absolute Gasteiger partial charge is 0.227 e. The predicted molar refractivity (Wildman–Crippen MR) is 89.1 cm³/mol. The van der Waals surface area contributed by atoms with E-state index in [0.29, 0.717) is 17.4 Å². The Bertz CT molecular complexity index is 806. The minimum Gasteiger partial charge on any atom is -0.493 e. The number of pyridine rings is 1. The second kappa shape index (κ2) is 6.23. The molecule has 3 rings (SSSR count). The van der Waals surface area contributed by atoms with Gasteiger partial charge in [0.25, 0.3) is 0 Å². The lowest BCUT2D eigenvalue weighted by Crippen LogP contribution is -1.95. The highest BCUT2D eigenvalue weighted by atomic mass is 79.9. The number of fused-ring (bicyclic) bond motifs is 1. The molecule has 4 nitrogen and oxygen atoms in total. The van der Waals surface area contributed by atoms with E-state index < -0.39 is 0 Å². The Hall–Kier alpha value is -2.27. The second-order valence-corrected chi connectivity index (χ2v) is 5.35. The van der Waals surface area contributed by atoms with Crippen molar-refractivity contribution in [2.24, 2.45) is 0 Å². The zero-order chi connectivity index (χ0) is 15.5. The molecule has 2 aromatic carbocycles. The molecule has 22 heavy (non-hydrogen) atoms. The summed E-state index contributed by atoms with van der Waals surface area (Å²) < 4.78 is 17.5. The van der Waals surface area contributed by atoms with E-state index in [0.717, 1.165) is 21.0 Å². The molecule has 0 fully saturated rings. The topological polar surface area (TPSA) is 40.6 Å². The first-order chi connectivity index (χ1) is 10.7. The maximum absolute atomic E-state index is 5.89. The Kier molecular flexibility index (Phi) is 4.15. The Morgan fingerprint density at radius 1 is 0.955 bits per heavy atom. The maximum atomic E-state index is 5.89. The van der Waals surface area contributed by atoms with Gasteiger partial charge in [-0.25, -0.2) is 4.98 Å². The zero-order valence-corrected chi connectivity index (χ0v) is 13.8. The first-order valence-electron chi connectivity index (χ1n) is 6.66. The standard InChI is InChI=1S/C17H14BrNO3/c1-20-14-10-13-12(15(18)16(14)21-2)8-9-19-17(13)22-11-6-4-3-5-7-11/h3-10H,1-2H3. The summed E-state index contributed by atoms with van der Waals surface area (Å²) in [4.78, 5) is 4.33. The summed E-state index contributed by atoms with van der Waals surface area (Å²) in [6.45, 7) is 0. The summed E-state index contributed by atoms with van der Waals surface area (Å²) in [5, 5.41) is 1.79. The Balaban J connectivity index is 2.18. The van der Waals surface area contributed by atoms with E-state index >= 15 is 0 Å². The number of hydrogen-bond donors (Lipinski definition) is 0. The van der Waals surface area contributed by atoms with Crippen molar-refractivity contribution in [3.63, 3.8) is 0 Å². The van der Waals surface area contributed by atoms with Crippen molar-refractivity contribution in [3.05, 3.63) is 53.1 Å². The highest BCUT2D eigenvalue weighted by Gasteiger charge is 2.16. The van der Waals surface area contributed by atoms with Gasteiger partial charge in [0.1, 0.15) is 5.75 Å². The van der Waals surface area contributed by atoms with Crippen LogP contribution in [0.25, 0.3) is 10.8 Å². The van der Waals surface area contributed by atoms with Crippen molar-refractivity contribution in [1.29, 1.82) is 0 Å². The molecule has 0 N–H and O–H groups in total. The average molecular weight is 360 g/mol. The van der Waals surface area contributed by atoms with Crippen LogP contribution in [0.2, 0.25) is 0 Å². The summed E-state index contributed by atoms with van der Waals surface area (Å²) in [6.07, 6.45) is 1.71. The van der Waals surface area contributed by atoms with Crippen molar-refractivity contribution in [2.75, 3.05) is 14.2 Å². The van der Waals surface area contributed by atoms with Crippen LogP contribution >= 0.6 is 15.9 Å².